The molecule has 1 fully saturated rings. The Labute approximate surface area is 97.8 Å². The molecule has 0 amide bonds. The van der Waals surface area contributed by atoms with Gasteiger partial charge in [0.2, 0.25) is 0 Å². The summed E-state index contributed by atoms with van der Waals surface area (Å²) < 4.78 is 5.48. The fourth-order valence-corrected chi connectivity index (χ4v) is 2.32. The molecule has 88 valence electrons. The summed E-state index contributed by atoms with van der Waals surface area (Å²) >= 11 is 0. The van der Waals surface area contributed by atoms with E-state index < -0.39 is 0 Å². The molecule has 0 spiro atoms. The molecule has 0 aromatic heterocycles. The smallest absolute Gasteiger partial charge is 0.0509 e. The minimum Gasteiger partial charge on any atom is -0.381 e. The third-order valence-corrected chi connectivity index (χ3v) is 3.42. The molecule has 1 saturated heterocycles. The predicted octanol–water partition coefficient (Wildman–Crippen LogP) is 2.37. The number of nitrogens with two attached hydrogens (primary N) is 1. The lowest BCUT2D eigenvalue weighted by molar-refractivity contribution is 0.0381. The van der Waals surface area contributed by atoms with Crippen LogP contribution in [0.3, 0.4) is 0 Å². The van der Waals surface area contributed by atoms with E-state index in [4.69, 9.17) is 10.5 Å². The number of aryl methyl sites for hydroxylation is 1. The number of hydrogen-bond donors (Lipinski definition) is 1. The first-order valence-corrected chi connectivity index (χ1v) is 6.23. The molecule has 2 nitrogen and oxygen atoms in total. The second kappa shape index (κ2) is 6.02. The van der Waals surface area contributed by atoms with Crippen LogP contribution in [0.1, 0.15) is 24.8 Å². The van der Waals surface area contributed by atoms with Gasteiger partial charge in [0, 0.05) is 12.6 Å². The lowest BCUT2D eigenvalue weighted by atomic mass is 9.91. The monoisotopic (exact) mass is 219 g/mol. The van der Waals surface area contributed by atoms with Gasteiger partial charge in [-0.2, -0.15) is 0 Å². The maximum absolute atomic E-state index is 6.08. The van der Waals surface area contributed by atoms with Crippen molar-refractivity contribution in [3.05, 3.63) is 35.9 Å². The van der Waals surface area contributed by atoms with Gasteiger partial charge >= 0.3 is 0 Å². The van der Waals surface area contributed by atoms with Gasteiger partial charge in [-0.15, -0.1) is 0 Å². The number of hydrogen-bond acceptors (Lipinski definition) is 2. The van der Waals surface area contributed by atoms with E-state index in [1.807, 2.05) is 0 Å². The van der Waals surface area contributed by atoms with Crippen molar-refractivity contribution in [2.45, 2.75) is 31.7 Å². The van der Waals surface area contributed by atoms with Gasteiger partial charge in [-0.1, -0.05) is 30.3 Å². The molecule has 2 N–H and O–H groups in total. The van der Waals surface area contributed by atoms with Crippen LogP contribution in [0.25, 0.3) is 0 Å². The minimum atomic E-state index is 0.351. The van der Waals surface area contributed by atoms with Crippen molar-refractivity contribution in [2.24, 2.45) is 11.7 Å². The van der Waals surface area contributed by atoms with Gasteiger partial charge in [0.15, 0.2) is 0 Å². The molecule has 2 heteroatoms. The van der Waals surface area contributed by atoms with Gasteiger partial charge in [-0.3, -0.25) is 0 Å². The van der Waals surface area contributed by atoms with E-state index in [2.05, 4.69) is 30.3 Å². The fraction of sp³-hybridized carbons (Fsp3) is 0.571. The summed E-state index contributed by atoms with van der Waals surface area (Å²) in [5.41, 5.74) is 7.50. The first-order chi connectivity index (χ1) is 7.86. The summed E-state index contributed by atoms with van der Waals surface area (Å²) in [6, 6.07) is 11.0. The largest absolute Gasteiger partial charge is 0.381 e. The Bertz CT molecular complexity index is 299. The molecule has 1 aliphatic rings. The van der Waals surface area contributed by atoms with Gasteiger partial charge in [-0.05, 0) is 37.2 Å². The maximum atomic E-state index is 6.08. The molecule has 1 heterocycles. The van der Waals surface area contributed by atoms with Crippen molar-refractivity contribution >= 4 is 0 Å². The molecule has 0 bridgehead atoms. The van der Waals surface area contributed by atoms with E-state index in [9.17, 15) is 0 Å². The molecule has 0 aliphatic carbocycles. The molecule has 1 aromatic carbocycles. The van der Waals surface area contributed by atoms with Crippen molar-refractivity contribution in [3.8, 4) is 0 Å². The quantitative estimate of drug-likeness (QED) is 0.843. The summed E-state index contributed by atoms with van der Waals surface area (Å²) in [7, 11) is 0. The van der Waals surface area contributed by atoms with Gasteiger partial charge in [0.25, 0.3) is 0 Å². The molecule has 2 atom stereocenters. The molecule has 2 rings (SSSR count). The lowest BCUT2D eigenvalue weighted by Crippen LogP contribution is -2.38. The van der Waals surface area contributed by atoms with E-state index >= 15 is 0 Å². The van der Waals surface area contributed by atoms with Crippen LogP contribution >= 0.6 is 0 Å². The van der Waals surface area contributed by atoms with Crippen LogP contribution in [-0.4, -0.2) is 19.3 Å². The van der Waals surface area contributed by atoms with E-state index in [1.54, 1.807) is 0 Å². The first kappa shape index (κ1) is 11.6. The number of rotatable bonds is 4. The van der Waals surface area contributed by atoms with Crippen LogP contribution in [0, 0.1) is 5.92 Å². The Kier molecular flexibility index (Phi) is 4.37. The second-order valence-electron chi connectivity index (χ2n) is 4.67. The number of benzene rings is 1. The SMILES string of the molecule is NC1CCOCC1CCCc1ccccc1. The summed E-state index contributed by atoms with van der Waals surface area (Å²) in [6.07, 6.45) is 4.59. The zero-order valence-corrected chi connectivity index (χ0v) is 9.77. The van der Waals surface area contributed by atoms with Crippen LogP contribution in [-0.2, 0) is 11.2 Å². The van der Waals surface area contributed by atoms with Crippen LogP contribution in [0.4, 0.5) is 0 Å². The molecule has 2 unspecified atom stereocenters. The first-order valence-electron chi connectivity index (χ1n) is 6.23. The number of ether oxygens (including phenoxy) is 1. The fourth-order valence-electron chi connectivity index (χ4n) is 2.32. The third kappa shape index (κ3) is 3.32. The average Bonchev–Trinajstić information content (AvgIpc) is 2.33. The third-order valence-electron chi connectivity index (χ3n) is 3.42. The van der Waals surface area contributed by atoms with E-state index in [1.165, 1.54) is 18.4 Å². The van der Waals surface area contributed by atoms with Crippen molar-refractivity contribution < 1.29 is 4.74 Å². The van der Waals surface area contributed by atoms with Gasteiger partial charge < -0.3 is 10.5 Å². The zero-order chi connectivity index (χ0) is 11.2. The van der Waals surface area contributed by atoms with Gasteiger partial charge in [-0.25, -0.2) is 0 Å². The Morgan fingerprint density at radius 1 is 1.25 bits per heavy atom. The molecule has 0 saturated carbocycles. The van der Waals surface area contributed by atoms with Gasteiger partial charge in [0.05, 0.1) is 6.61 Å². The molecule has 0 radical (unpaired) electrons. The Balaban J connectivity index is 1.71. The second-order valence-corrected chi connectivity index (χ2v) is 4.67. The van der Waals surface area contributed by atoms with Crippen molar-refractivity contribution in [1.82, 2.24) is 0 Å². The summed E-state index contributed by atoms with van der Waals surface area (Å²) in [4.78, 5) is 0. The molecular formula is C14H21NO. The van der Waals surface area contributed by atoms with Crippen molar-refractivity contribution in [1.29, 1.82) is 0 Å². The Hall–Kier alpha value is -0.860. The minimum absolute atomic E-state index is 0.351. The lowest BCUT2D eigenvalue weighted by Gasteiger charge is -2.28. The molecule has 1 aromatic rings. The normalized spacial score (nSPS) is 25.6. The van der Waals surface area contributed by atoms with E-state index in [0.717, 1.165) is 26.1 Å². The highest BCUT2D eigenvalue weighted by atomic mass is 16.5. The molecule has 16 heavy (non-hydrogen) atoms. The molecular weight excluding hydrogens is 198 g/mol. The van der Waals surface area contributed by atoms with Crippen LogP contribution in [0.15, 0.2) is 30.3 Å². The van der Waals surface area contributed by atoms with Crippen molar-refractivity contribution in [3.63, 3.8) is 0 Å². The highest BCUT2D eigenvalue weighted by Gasteiger charge is 2.21. The highest BCUT2D eigenvalue weighted by Crippen LogP contribution is 2.19. The van der Waals surface area contributed by atoms with Crippen LogP contribution in [0.2, 0.25) is 0 Å². The van der Waals surface area contributed by atoms with Gasteiger partial charge in [0.1, 0.15) is 0 Å². The maximum Gasteiger partial charge on any atom is 0.0509 e. The summed E-state index contributed by atoms with van der Waals surface area (Å²) in [5.74, 6) is 0.567. The summed E-state index contributed by atoms with van der Waals surface area (Å²) in [5, 5.41) is 0. The predicted molar refractivity (Wildman–Crippen MR) is 66.3 cm³/mol. The zero-order valence-electron chi connectivity index (χ0n) is 9.77. The van der Waals surface area contributed by atoms with Crippen LogP contribution in [0.5, 0.6) is 0 Å². The molecule has 1 aliphatic heterocycles. The highest BCUT2D eigenvalue weighted by molar-refractivity contribution is 5.14. The van der Waals surface area contributed by atoms with E-state index in [-0.39, 0.29) is 0 Å². The standard InChI is InChI=1S/C14H21NO/c15-14-9-10-16-11-13(14)8-4-7-12-5-2-1-3-6-12/h1-3,5-6,13-14H,4,7-11,15H2. The average molecular weight is 219 g/mol. The topological polar surface area (TPSA) is 35.2 Å². The summed E-state index contributed by atoms with van der Waals surface area (Å²) in [6.45, 7) is 1.70. The Morgan fingerprint density at radius 2 is 2.06 bits per heavy atom. The van der Waals surface area contributed by atoms with Crippen molar-refractivity contribution in [2.75, 3.05) is 13.2 Å². The Morgan fingerprint density at radius 3 is 2.81 bits per heavy atom. The van der Waals surface area contributed by atoms with Crippen LogP contribution < -0.4 is 5.73 Å². The van der Waals surface area contributed by atoms with E-state index in [0.29, 0.717) is 12.0 Å².